The molecule has 0 amide bonds. The molecule has 0 aromatic carbocycles. The molecule has 1 unspecified atom stereocenters. The summed E-state index contributed by atoms with van der Waals surface area (Å²) in [7, 11) is 0. The Morgan fingerprint density at radius 3 is 2.08 bits per heavy atom. The van der Waals surface area contributed by atoms with E-state index in [1.165, 1.54) is 5.46 Å². The maximum absolute atomic E-state index is 10.2. The predicted octanol–water partition coefficient (Wildman–Crippen LogP) is 2.75. The zero-order chi connectivity index (χ0) is 26.6. The van der Waals surface area contributed by atoms with Gasteiger partial charge in [-0.25, -0.2) is 0 Å². The SMILES string of the molecule is C=C/C=C\C=BC(=C)CN1CCN(CC(=B/C=C\C)C=C)CCN(CC(=B/C=C\C)C=C)C(C#N)C1. The van der Waals surface area contributed by atoms with Gasteiger partial charge in [-0.3, -0.25) is 0 Å². The third-order valence-corrected chi connectivity index (χ3v) is 5.90. The molecule has 36 heavy (non-hydrogen) atoms. The van der Waals surface area contributed by atoms with Crippen LogP contribution in [0.2, 0.25) is 0 Å². The van der Waals surface area contributed by atoms with E-state index < -0.39 is 0 Å². The molecule has 1 saturated heterocycles. The van der Waals surface area contributed by atoms with Crippen molar-refractivity contribution in [1.82, 2.24) is 14.7 Å². The van der Waals surface area contributed by atoms with Crippen molar-refractivity contribution in [3.63, 3.8) is 0 Å². The molecular weight excluding hydrogens is 437 g/mol. The first kappa shape index (κ1) is 31.4. The van der Waals surface area contributed by atoms with E-state index >= 15 is 0 Å². The van der Waals surface area contributed by atoms with Gasteiger partial charge in [-0.05, 0) is 0 Å². The second-order valence-corrected chi connectivity index (χ2v) is 8.71. The van der Waals surface area contributed by atoms with Gasteiger partial charge in [-0.15, -0.1) is 0 Å². The zero-order valence-electron chi connectivity index (χ0n) is 22.4. The van der Waals surface area contributed by atoms with Crippen LogP contribution < -0.4 is 0 Å². The fourth-order valence-electron chi connectivity index (χ4n) is 3.86. The van der Waals surface area contributed by atoms with Gasteiger partial charge in [-0.2, -0.15) is 0 Å². The van der Waals surface area contributed by atoms with Crippen molar-refractivity contribution in [2.45, 2.75) is 19.9 Å². The van der Waals surface area contributed by atoms with Crippen LogP contribution in [0.3, 0.4) is 0 Å². The average Bonchev–Trinajstić information content (AvgIpc) is 2.96. The Kier molecular flexibility index (Phi) is 17.0. The molecule has 1 atom stereocenters. The molecular formula is C29H41B3N4. The Labute approximate surface area is 222 Å². The van der Waals surface area contributed by atoms with Crippen molar-refractivity contribution < 1.29 is 0 Å². The van der Waals surface area contributed by atoms with E-state index in [0.717, 1.165) is 43.7 Å². The van der Waals surface area contributed by atoms with Crippen LogP contribution in [-0.2, 0) is 0 Å². The van der Waals surface area contributed by atoms with Crippen molar-refractivity contribution in [3.05, 3.63) is 86.3 Å². The molecule has 4 nitrogen and oxygen atoms in total. The summed E-state index contributed by atoms with van der Waals surface area (Å²) in [6.45, 7) is 32.5. The molecule has 0 spiro atoms. The van der Waals surface area contributed by atoms with E-state index in [2.05, 4.69) is 66.9 Å². The first-order valence-corrected chi connectivity index (χ1v) is 12.6. The van der Waals surface area contributed by atoms with Crippen LogP contribution in [0, 0.1) is 11.3 Å². The second kappa shape index (κ2) is 19.5. The van der Waals surface area contributed by atoms with Gasteiger partial charge < -0.3 is 0 Å². The first-order valence-electron chi connectivity index (χ1n) is 12.6. The Bertz CT molecular complexity index is 950. The minimum absolute atomic E-state index is 0.228. The van der Waals surface area contributed by atoms with Crippen LogP contribution in [0.1, 0.15) is 13.8 Å². The molecule has 0 aromatic heterocycles. The topological polar surface area (TPSA) is 33.5 Å². The monoisotopic (exact) mass is 478 g/mol. The van der Waals surface area contributed by atoms with Gasteiger partial charge >= 0.3 is 222 Å². The van der Waals surface area contributed by atoms with Crippen molar-refractivity contribution in [2.75, 3.05) is 52.4 Å². The molecule has 1 rings (SSSR count). The van der Waals surface area contributed by atoms with Crippen LogP contribution in [0.25, 0.3) is 0 Å². The van der Waals surface area contributed by atoms with Crippen LogP contribution in [0.5, 0.6) is 0 Å². The van der Waals surface area contributed by atoms with Crippen molar-refractivity contribution in [2.24, 2.45) is 0 Å². The first-order chi connectivity index (χ1) is 17.5. The maximum atomic E-state index is 10.2. The molecule has 7 heteroatoms. The van der Waals surface area contributed by atoms with E-state index in [1.807, 2.05) is 69.2 Å². The molecule has 0 aliphatic carbocycles. The summed E-state index contributed by atoms with van der Waals surface area (Å²) in [6.07, 6.45) is 13.4. The molecule has 1 aliphatic rings. The number of hydrogen-bond donors (Lipinski definition) is 0. The quantitative estimate of drug-likeness (QED) is 0.302. The van der Waals surface area contributed by atoms with Gasteiger partial charge in [0.2, 0.25) is 0 Å². The fourth-order valence-corrected chi connectivity index (χ4v) is 3.86. The number of allylic oxidation sites excluding steroid dienone is 5. The minimum atomic E-state index is -0.228. The molecule has 0 radical (unpaired) electrons. The zero-order valence-corrected chi connectivity index (χ0v) is 22.4. The predicted molar refractivity (Wildman–Crippen MR) is 166 cm³/mol. The third-order valence-electron chi connectivity index (χ3n) is 5.90. The van der Waals surface area contributed by atoms with E-state index in [4.69, 9.17) is 0 Å². The van der Waals surface area contributed by atoms with Gasteiger partial charge in [0.1, 0.15) is 0 Å². The van der Waals surface area contributed by atoms with E-state index in [0.29, 0.717) is 19.6 Å². The van der Waals surface area contributed by atoms with Crippen LogP contribution in [0.4, 0.5) is 0 Å². The second-order valence-electron chi connectivity index (χ2n) is 8.71. The van der Waals surface area contributed by atoms with E-state index in [-0.39, 0.29) is 6.04 Å². The van der Waals surface area contributed by atoms with Gasteiger partial charge in [0, 0.05) is 0 Å². The summed E-state index contributed by atoms with van der Waals surface area (Å²) in [5.74, 6) is 6.05. The summed E-state index contributed by atoms with van der Waals surface area (Å²) in [5.41, 5.74) is 3.30. The molecule has 0 bridgehead atoms. The molecule has 1 heterocycles. The Morgan fingerprint density at radius 1 is 0.889 bits per heavy atom. The summed E-state index contributed by atoms with van der Waals surface area (Å²) in [5, 5.41) is 10.2. The van der Waals surface area contributed by atoms with Gasteiger partial charge in [0.15, 0.2) is 0 Å². The van der Waals surface area contributed by atoms with Crippen LogP contribution >= 0.6 is 0 Å². The summed E-state index contributed by atoms with van der Waals surface area (Å²) in [4.78, 5) is 7.07. The Hall–Kier alpha value is -2.65. The molecule has 1 aliphatic heterocycles. The Morgan fingerprint density at radius 2 is 1.50 bits per heavy atom. The average molecular weight is 478 g/mol. The number of hydrogen-bond acceptors (Lipinski definition) is 4. The molecule has 0 saturated carbocycles. The third kappa shape index (κ3) is 12.9. The van der Waals surface area contributed by atoms with E-state index in [9.17, 15) is 5.26 Å². The number of rotatable bonds is 13. The van der Waals surface area contributed by atoms with Crippen molar-refractivity contribution >= 4 is 37.7 Å². The fraction of sp³-hybridized carbons (Fsp3) is 0.379. The van der Waals surface area contributed by atoms with Crippen LogP contribution in [0.15, 0.2) is 86.3 Å². The number of nitrogens with zero attached hydrogens (tertiary/aromatic N) is 4. The molecule has 1 fully saturated rings. The normalized spacial score (nSPS) is 19.3. The standard InChI is InChI=1S/C29H41B3N4/c1-7-12-13-16-30-26(6)22-35-18-17-34(23-27(10-4)31-14-8-2)19-20-36(29(21-33)25-35)24-28(11-5)32-15-9-3/h7-16,29H,1,4-6,17-20,22-25H2,2-3H3/b13-12-,14-8-,15-9-. The van der Waals surface area contributed by atoms with Crippen molar-refractivity contribution in [1.29, 1.82) is 5.26 Å². The van der Waals surface area contributed by atoms with Gasteiger partial charge in [0.05, 0.1) is 0 Å². The molecule has 0 N–H and O–H groups in total. The summed E-state index contributed by atoms with van der Waals surface area (Å²) >= 11 is 0. The van der Waals surface area contributed by atoms with Crippen molar-refractivity contribution in [3.8, 4) is 6.07 Å². The van der Waals surface area contributed by atoms with Gasteiger partial charge in [0.25, 0.3) is 0 Å². The van der Waals surface area contributed by atoms with Crippen LogP contribution in [-0.4, -0.2) is 111 Å². The Balaban J connectivity index is 3.20. The number of nitriles is 1. The molecule has 186 valence electrons. The van der Waals surface area contributed by atoms with Gasteiger partial charge in [-0.1, -0.05) is 0 Å². The summed E-state index contributed by atoms with van der Waals surface area (Å²) in [6, 6.07) is 2.34. The summed E-state index contributed by atoms with van der Waals surface area (Å²) < 4.78 is 0. The van der Waals surface area contributed by atoms with E-state index in [1.54, 1.807) is 6.08 Å². The molecule has 0 aromatic rings.